The summed E-state index contributed by atoms with van der Waals surface area (Å²) < 4.78 is 0. The van der Waals surface area contributed by atoms with Gasteiger partial charge in [0.25, 0.3) is 11.8 Å². The minimum absolute atomic E-state index is 0.0469. The predicted octanol–water partition coefficient (Wildman–Crippen LogP) is -1.10. The Morgan fingerprint density at radius 1 is 1.05 bits per heavy atom. The number of amides is 4. The lowest BCUT2D eigenvalue weighted by Crippen LogP contribution is -2.49. The summed E-state index contributed by atoms with van der Waals surface area (Å²) in [7, 11) is 0. The molecule has 120 valence electrons. The lowest BCUT2D eigenvalue weighted by atomic mass is 10.2. The van der Waals surface area contributed by atoms with Gasteiger partial charge in [-0.25, -0.2) is 0 Å². The van der Waals surface area contributed by atoms with Gasteiger partial charge in [0, 0.05) is 25.1 Å². The highest BCUT2D eigenvalue weighted by atomic mass is 16.2. The van der Waals surface area contributed by atoms with E-state index < -0.39 is 35.7 Å². The molecule has 0 aliphatic carbocycles. The molecule has 2 atom stereocenters. The zero-order chi connectivity index (χ0) is 16.9. The van der Waals surface area contributed by atoms with E-state index in [9.17, 15) is 24.0 Å². The van der Waals surface area contributed by atoms with Gasteiger partial charge in [0.2, 0.25) is 11.8 Å². The Morgan fingerprint density at radius 3 is 2.09 bits per heavy atom. The summed E-state index contributed by atoms with van der Waals surface area (Å²) in [5, 5.41) is 4.91. The van der Waals surface area contributed by atoms with Crippen molar-refractivity contribution in [2.24, 2.45) is 0 Å². The highest BCUT2D eigenvalue weighted by Gasteiger charge is 2.24. The van der Waals surface area contributed by atoms with Crippen molar-refractivity contribution in [3.63, 3.8) is 0 Å². The molecule has 0 aromatic rings. The maximum Gasteiger partial charge on any atom is 0.253 e. The van der Waals surface area contributed by atoms with E-state index in [1.165, 1.54) is 13.8 Å². The fourth-order valence-corrected chi connectivity index (χ4v) is 1.68. The molecule has 0 saturated heterocycles. The lowest BCUT2D eigenvalue weighted by molar-refractivity contribution is -0.137. The maximum atomic E-state index is 11.8. The average molecular weight is 309 g/mol. The van der Waals surface area contributed by atoms with Gasteiger partial charge in [-0.2, -0.15) is 0 Å². The van der Waals surface area contributed by atoms with Gasteiger partial charge in [-0.05, 0) is 20.8 Å². The van der Waals surface area contributed by atoms with Gasteiger partial charge in [0.1, 0.15) is 6.04 Å². The number of nitrogens with zero attached hydrogens (tertiary/aromatic N) is 1. The Bertz CT molecular complexity index is 523. The fourth-order valence-electron chi connectivity index (χ4n) is 1.68. The van der Waals surface area contributed by atoms with Crippen LogP contribution in [0.3, 0.4) is 0 Å². The van der Waals surface area contributed by atoms with Gasteiger partial charge in [-0.1, -0.05) is 0 Å². The Kier molecular flexibility index (Phi) is 5.97. The van der Waals surface area contributed by atoms with Gasteiger partial charge >= 0.3 is 0 Å². The summed E-state index contributed by atoms with van der Waals surface area (Å²) in [6.45, 7) is 4.33. The van der Waals surface area contributed by atoms with E-state index in [2.05, 4.69) is 10.6 Å². The molecule has 0 fully saturated rings. The van der Waals surface area contributed by atoms with Crippen LogP contribution in [0.4, 0.5) is 0 Å². The first-order chi connectivity index (χ1) is 10.2. The van der Waals surface area contributed by atoms with Crippen molar-refractivity contribution in [1.82, 2.24) is 15.5 Å². The number of hydrogen-bond donors (Lipinski definition) is 2. The molecule has 0 aromatic carbocycles. The van der Waals surface area contributed by atoms with Crippen molar-refractivity contribution < 1.29 is 24.0 Å². The molecule has 2 N–H and O–H groups in total. The molecule has 0 spiro atoms. The fraction of sp³-hybridized carbons (Fsp3) is 0.500. The van der Waals surface area contributed by atoms with Crippen LogP contribution in [0, 0.1) is 0 Å². The van der Waals surface area contributed by atoms with Crippen molar-refractivity contribution in [2.45, 2.75) is 39.3 Å². The molecular weight excluding hydrogens is 290 g/mol. The van der Waals surface area contributed by atoms with Crippen LogP contribution in [0.25, 0.3) is 0 Å². The van der Waals surface area contributed by atoms with Crippen LogP contribution in [0.1, 0.15) is 27.2 Å². The van der Waals surface area contributed by atoms with E-state index in [4.69, 9.17) is 0 Å². The number of carbonyl (C=O) groups excluding carboxylic acids is 5. The third kappa shape index (κ3) is 4.80. The number of Topliss-reactive ketones (excluding diaryl/α,β-unsaturated/α-hetero) is 1. The normalized spacial score (nSPS) is 16.4. The minimum Gasteiger partial charge on any atom is -0.345 e. The summed E-state index contributed by atoms with van der Waals surface area (Å²) >= 11 is 0. The molecule has 0 radical (unpaired) electrons. The first-order valence-electron chi connectivity index (χ1n) is 6.86. The number of hydrogen-bond acceptors (Lipinski definition) is 5. The number of imide groups is 1. The lowest BCUT2D eigenvalue weighted by Gasteiger charge is -2.18. The first kappa shape index (κ1) is 17.5. The van der Waals surface area contributed by atoms with Crippen molar-refractivity contribution in [3.8, 4) is 0 Å². The molecule has 4 amide bonds. The van der Waals surface area contributed by atoms with Crippen LogP contribution in [0.2, 0.25) is 0 Å². The van der Waals surface area contributed by atoms with Crippen molar-refractivity contribution in [3.05, 3.63) is 12.2 Å². The standard InChI is InChI=1S/C14H19N3O5/c1-8(10(3)18)16-14(22)9(2)15-11(19)6-7-17-12(20)4-5-13(17)21/h4-5,8-9H,6-7H2,1-3H3,(H,15,19)(H,16,22)/t8-,9-/m0/s1. The highest BCUT2D eigenvalue weighted by molar-refractivity contribution is 6.13. The minimum atomic E-state index is -0.822. The second kappa shape index (κ2) is 7.48. The quantitative estimate of drug-likeness (QED) is 0.580. The second-order valence-electron chi connectivity index (χ2n) is 5.04. The summed E-state index contributed by atoms with van der Waals surface area (Å²) in [5.41, 5.74) is 0. The molecular formula is C14H19N3O5. The summed E-state index contributed by atoms with van der Waals surface area (Å²) in [6.07, 6.45) is 2.18. The second-order valence-corrected chi connectivity index (χ2v) is 5.04. The molecule has 1 aliphatic heterocycles. The number of ketones is 1. The monoisotopic (exact) mass is 309 g/mol. The maximum absolute atomic E-state index is 11.8. The molecule has 0 unspecified atom stereocenters. The first-order valence-corrected chi connectivity index (χ1v) is 6.86. The molecule has 8 heteroatoms. The van der Waals surface area contributed by atoms with Gasteiger partial charge in [0.15, 0.2) is 5.78 Å². The van der Waals surface area contributed by atoms with Crippen molar-refractivity contribution in [1.29, 1.82) is 0 Å². The van der Waals surface area contributed by atoms with E-state index in [1.54, 1.807) is 6.92 Å². The molecule has 8 nitrogen and oxygen atoms in total. The van der Waals surface area contributed by atoms with Gasteiger partial charge in [0.05, 0.1) is 6.04 Å². The topological polar surface area (TPSA) is 113 Å². The Balaban J connectivity index is 2.38. The van der Waals surface area contributed by atoms with Crippen LogP contribution in [-0.2, 0) is 24.0 Å². The highest BCUT2D eigenvalue weighted by Crippen LogP contribution is 2.04. The number of carbonyl (C=O) groups is 5. The van der Waals surface area contributed by atoms with Crippen LogP contribution in [-0.4, -0.2) is 52.9 Å². The van der Waals surface area contributed by atoms with E-state index in [0.29, 0.717) is 0 Å². The van der Waals surface area contributed by atoms with Gasteiger partial charge in [-0.3, -0.25) is 28.9 Å². The predicted molar refractivity (Wildman–Crippen MR) is 76.4 cm³/mol. The van der Waals surface area contributed by atoms with Crippen molar-refractivity contribution in [2.75, 3.05) is 6.54 Å². The van der Waals surface area contributed by atoms with Crippen LogP contribution >= 0.6 is 0 Å². The van der Waals surface area contributed by atoms with Crippen LogP contribution in [0.15, 0.2) is 12.2 Å². The molecule has 0 bridgehead atoms. The van der Waals surface area contributed by atoms with Gasteiger partial charge < -0.3 is 10.6 Å². The summed E-state index contributed by atoms with van der Waals surface area (Å²) in [5.74, 6) is -2.06. The molecule has 22 heavy (non-hydrogen) atoms. The SMILES string of the molecule is CC(=O)[C@H](C)NC(=O)[C@H](C)NC(=O)CCN1C(=O)C=CC1=O. The number of rotatable bonds is 7. The van der Waals surface area contributed by atoms with E-state index in [1.807, 2.05) is 0 Å². The van der Waals surface area contributed by atoms with E-state index in [-0.39, 0.29) is 18.7 Å². The third-order valence-electron chi connectivity index (χ3n) is 3.20. The third-order valence-corrected chi connectivity index (χ3v) is 3.20. The number of nitrogens with one attached hydrogen (secondary N) is 2. The molecule has 1 heterocycles. The molecule has 1 aliphatic rings. The zero-order valence-corrected chi connectivity index (χ0v) is 12.7. The van der Waals surface area contributed by atoms with E-state index >= 15 is 0 Å². The van der Waals surface area contributed by atoms with Crippen LogP contribution < -0.4 is 10.6 Å². The molecule has 0 aromatic heterocycles. The van der Waals surface area contributed by atoms with E-state index in [0.717, 1.165) is 17.1 Å². The Labute approximate surface area is 127 Å². The van der Waals surface area contributed by atoms with Crippen LogP contribution in [0.5, 0.6) is 0 Å². The smallest absolute Gasteiger partial charge is 0.253 e. The average Bonchev–Trinajstić information content (AvgIpc) is 2.75. The van der Waals surface area contributed by atoms with Gasteiger partial charge in [-0.15, -0.1) is 0 Å². The Hall–Kier alpha value is -2.51. The summed E-state index contributed by atoms with van der Waals surface area (Å²) in [6, 6.07) is -1.45. The molecule has 1 rings (SSSR count). The summed E-state index contributed by atoms with van der Waals surface area (Å²) in [4.78, 5) is 58.1. The van der Waals surface area contributed by atoms with Crippen molar-refractivity contribution >= 4 is 29.4 Å². The molecule has 0 saturated carbocycles. The Morgan fingerprint density at radius 2 is 1.59 bits per heavy atom. The largest absolute Gasteiger partial charge is 0.345 e. The zero-order valence-electron chi connectivity index (χ0n) is 12.7.